The van der Waals surface area contributed by atoms with Gasteiger partial charge in [0.25, 0.3) is 0 Å². The van der Waals surface area contributed by atoms with E-state index < -0.39 is 15.9 Å². The van der Waals surface area contributed by atoms with Gasteiger partial charge in [-0.1, -0.05) is 17.8 Å². The van der Waals surface area contributed by atoms with E-state index in [9.17, 15) is 17.8 Å². The van der Waals surface area contributed by atoms with Crippen LogP contribution in [0.5, 0.6) is 0 Å². The molecule has 0 saturated carbocycles. The molecule has 0 aromatic heterocycles. The number of hydrogen-bond donors (Lipinski definition) is 1. The molecule has 0 aliphatic rings. The molecule has 0 heterocycles. The molecule has 0 spiro atoms. The van der Waals surface area contributed by atoms with Gasteiger partial charge in [-0.25, -0.2) is 8.42 Å². The number of carbonyl (C=O) groups excluding carboxylic acids is 1. The normalized spacial score (nSPS) is 11.3. The highest BCUT2D eigenvalue weighted by Crippen LogP contribution is 2.05. The molecule has 0 unspecified atom stereocenters. The Bertz CT molecular complexity index is 284. The molecule has 0 radical (unpaired) electrons. The Labute approximate surface area is 88.3 Å². The van der Waals surface area contributed by atoms with Crippen LogP contribution in [0.1, 0.15) is 13.3 Å². The van der Waals surface area contributed by atoms with Crippen LogP contribution in [-0.4, -0.2) is 29.6 Å². The van der Waals surface area contributed by atoms with E-state index in [1.807, 2.05) is 0 Å². The van der Waals surface area contributed by atoms with E-state index in [4.69, 9.17) is 0 Å². The fourth-order valence-electron chi connectivity index (χ4n) is 0.593. The molecule has 0 amide bonds. The van der Waals surface area contributed by atoms with Crippen molar-refractivity contribution in [1.82, 2.24) is 6.15 Å². The van der Waals surface area contributed by atoms with Crippen LogP contribution in [0.2, 0.25) is 0 Å². The summed E-state index contributed by atoms with van der Waals surface area (Å²) in [6.45, 7) is 1.72. The zero-order chi connectivity index (χ0) is 10.3. The van der Waals surface area contributed by atoms with Crippen molar-refractivity contribution in [1.29, 1.82) is 0 Å². The molecule has 84 valence electrons. The Morgan fingerprint density at radius 2 is 2.07 bits per heavy atom. The first-order valence-corrected chi connectivity index (χ1v) is 6.25. The quantitative estimate of drug-likeness (QED) is 0.440. The van der Waals surface area contributed by atoms with Gasteiger partial charge in [0.15, 0.2) is 0 Å². The Balaban J connectivity index is 0. The molecule has 0 aromatic rings. The van der Waals surface area contributed by atoms with Crippen molar-refractivity contribution in [3.63, 3.8) is 0 Å². The van der Waals surface area contributed by atoms with Crippen molar-refractivity contribution in [3.05, 3.63) is 12.2 Å². The van der Waals surface area contributed by atoms with Gasteiger partial charge in [-0.05, 0) is 19.4 Å². The topological polar surface area (TPSA) is 111 Å². The molecule has 0 fully saturated rings. The highest BCUT2D eigenvalue weighted by Gasteiger charge is 1.99. The fraction of sp³-hybridized carbons (Fsp3) is 0.571. The zero-order valence-electron chi connectivity index (χ0n) is 8.23. The first-order chi connectivity index (χ1) is 5.95. The van der Waals surface area contributed by atoms with Crippen molar-refractivity contribution in [2.45, 2.75) is 13.3 Å². The van der Waals surface area contributed by atoms with Gasteiger partial charge >= 0.3 is 0 Å². The van der Waals surface area contributed by atoms with Gasteiger partial charge in [-0.2, -0.15) is 0 Å². The molecular weight excluding hydrogens is 226 g/mol. The maximum Gasteiger partial charge on any atom is 0.211 e. The number of hydrogen-bond acceptors (Lipinski definition) is 5. The molecule has 0 rings (SSSR count). The van der Waals surface area contributed by atoms with Crippen LogP contribution in [0.3, 0.4) is 0 Å². The maximum atomic E-state index is 10.8. The molecular formula is C7H15NO4S2. The number of carbonyl (C=O) groups is 1. The summed E-state index contributed by atoms with van der Waals surface area (Å²) in [5, 5.41) is -0.120. The lowest BCUT2D eigenvalue weighted by Gasteiger charge is -2.04. The molecule has 14 heavy (non-hydrogen) atoms. The van der Waals surface area contributed by atoms with E-state index in [-0.39, 0.29) is 17.7 Å². The van der Waals surface area contributed by atoms with E-state index in [1.165, 1.54) is 6.08 Å². The van der Waals surface area contributed by atoms with Crippen molar-refractivity contribution in [2.75, 3.05) is 11.5 Å². The summed E-state index contributed by atoms with van der Waals surface area (Å²) in [6, 6.07) is 0. The standard InChI is InChI=1S/C7H12O4S2.H3N/c1-2-4-7(8)12-5-3-6-13(9,10)11;/h2,4H,3,5-6H2,1H3,(H,9,10,11);1H3. The monoisotopic (exact) mass is 241 g/mol. The minimum atomic E-state index is -4.13. The first-order valence-electron chi connectivity index (χ1n) is 3.68. The third-order valence-corrected chi connectivity index (χ3v) is 2.79. The average molecular weight is 241 g/mol. The number of rotatable bonds is 5. The van der Waals surface area contributed by atoms with Crippen molar-refractivity contribution in [3.8, 4) is 0 Å². The smallest absolute Gasteiger partial charge is 0.211 e. The predicted octanol–water partition coefficient (Wildman–Crippen LogP) is 1.13. The predicted molar refractivity (Wildman–Crippen MR) is 57.4 cm³/mol. The fourth-order valence-corrected chi connectivity index (χ4v) is 2.00. The van der Waals surface area contributed by atoms with Gasteiger partial charge in [0.1, 0.15) is 0 Å². The second kappa shape index (κ2) is 7.98. The summed E-state index contributed by atoms with van der Waals surface area (Å²) in [4.78, 5) is 10.8. The summed E-state index contributed by atoms with van der Waals surface area (Å²) in [5.74, 6) is -0.0340. The van der Waals surface area contributed by atoms with Gasteiger partial charge in [0.05, 0.1) is 10.1 Å². The van der Waals surface area contributed by atoms with Crippen LogP contribution in [0.4, 0.5) is 0 Å². The largest absolute Gasteiger partial charge is 0.748 e. The van der Waals surface area contributed by atoms with E-state index in [0.717, 1.165) is 11.8 Å². The number of quaternary nitrogens is 1. The van der Waals surface area contributed by atoms with E-state index >= 15 is 0 Å². The van der Waals surface area contributed by atoms with Crippen LogP contribution >= 0.6 is 11.8 Å². The molecule has 4 N–H and O–H groups in total. The van der Waals surface area contributed by atoms with Crippen LogP contribution < -0.4 is 6.15 Å². The highest BCUT2D eigenvalue weighted by atomic mass is 32.2. The Morgan fingerprint density at radius 3 is 2.50 bits per heavy atom. The summed E-state index contributed by atoms with van der Waals surface area (Å²) < 4.78 is 30.4. The van der Waals surface area contributed by atoms with E-state index in [0.29, 0.717) is 5.75 Å². The Morgan fingerprint density at radius 1 is 1.50 bits per heavy atom. The van der Waals surface area contributed by atoms with Crippen molar-refractivity contribution in [2.24, 2.45) is 0 Å². The zero-order valence-corrected chi connectivity index (χ0v) is 9.86. The lowest BCUT2D eigenvalue weighted by Crippen LogP contribution is -2.05. The molecule has 0 aliphatic heterocycles. The minimum absolute atomic E-state index is 0. The molecule has 0 aliphatic carbocycles. The molecule has 0 aromatic carbocycles. The average Bonchev–Trinajstić information content (AvgIpc) is 1.97. The van der Waals surface area contributed by atoms with Crippen LogP contribution in [0.25, 0.3) is 0 Å². The maximum absolute atomic E-state index is 10.8. The number of thioether (sulfide) groups is 1. The van der Waals surface area contributed by atoms with Gasteiger partial charge < -0.3 is 10.7 Å². The first kappa shape index (κ1) is 16.1. The van der Waals surface area contributed by atoms with Crippen molar-refractivity contribution < 1.29 is 17.8 Å². The Hall–Kier alpha value is -0.370. The van der Waals surface area contributed by atoms with Gasteiger partial charge in [0, 0.05) is 11.5 Å². The van der Waals surface area contributed by atoms with Crippen LogP contribution in [-0.2, 0) is 14.9 Å². The molecule has 0 saturated heterocycles. The third kappa shape index (κ3) is 11.6. The summed E-state index contributed by atoms with van der Waals surface area (Å²) >= 11 is 1.01. The molecule has 7 heteroatoms. The van der Waals surface area contributed by atoms with Gasteiger partial charge in [-0.3, -0.25) is 4.79 Å². The Kier molecular flexibility index (Phi) is 9.16. The lowest BCUT2D eigenvalue weighted by molar-refractivity contribution is -0.107. The SMILES string of the molecule is CC=CC(=O)SCCCS(=O)(=O)[O-].[NH4+]. The highest BCUT2D eigenvalue weighted by molar-refractivity contribution is 8.14. The summed E-state index contributed by atoms with van der Waals surface area (Å²) in [6.07, 6.45) is 3.23. The van der Waals surface area contributed by atoms with Gasteiger partial charge in [0.2, 0.25) is 5.12 Å². The van der Waals surface area contributed by atoms with Crippen LogP contribution in [0, 0.1) is 0 Å². The van der Waals surface area contributed by atoms with Gasteiger partial charge in [-0.15, -0.1) is 0 Å². The van der Waals surface area contributed by atoms with E-state index in [2.05, 4.69) is 0 Å². The summed E-state index contributed by atoms with van der Waals surface area (Å²) in [7, 11) is -4.13. The van der Waals surface area contributed by atoms with E-state index in [1.54, 1.807) is 13.0 Å². The lowest BCUT2D eigenvalue weighted by atomic mass is 10.6. The van der Waals surface area contributed by atoms with Crippen molar-refractivity contribution >= 4 is 27.0 Å². The summed E-state index contributed by atoms with van der Waals surface area (Å²) in [5.41, 5.74) is 0. The van der Waals surface area contributed by atoms with Crippen LogP contribution in [0.15, 0.2) is 12.2 Å². The molecule has 5 nitrogen and oxygen atoms in total. The molecule has 0 bridgehead atoms. The third-order valence-electron chi connectivity index (χ3n) is 1.09. The molecule has 0 atom stereocenters. The minimum Gasteiger partial charge on any atom is -0.748 e. The number of allylic oxidation sites excluding steroid dienone is 1. The second-order valence-electron chi connectivity index (χ2n) is 2.28. The second-order valence-corrected chi connectivity index (χ2v) is 4.91.